The number of halogens is 1. The van der Waals surface area contributed by atoms with Crippen LogP contribution in [0.1, 0.15) is 24.5 Å². The van der Waals surface area contributed by atoms with Crippen LogP contribution < -0.4 is 0 Å². The van der Waals surface area contributed by atoms with Gasteiger partial charge >= 0.3 is 0 Å². The molecule has 2 aliphatic heterocycles. The van der Waals surface area contributed by atoms with Gasteiger partial charge in [0.25, 0.3) is 0 Å². The summed E-state index contributed by atoms with van der Waals surface area (Å²) in [5, 5.41) is 0. The highest BCUT2D eigenvalue weighted by Crippen LogP contribution is 2.27. The molecule has 0 aromatic heterocycles. The van der Waals surface area contributed by atoms with E-state index < -0.39 is 0 Å². The van der Waals surface area contributed by atoms with Crippen molar-refractivity contribution in [3.05, 3.63) is 33.8 Å². The molecule has 0 spiro atoms. The lowest BCUT2D eigenvalue weighted by atomic mass is 9.96. The van der Waals surface area contributed by atoms with Gasteiger partial charge in [-0.2, -0.15) is 0 Å². The van der Waals surface area contributed by atoms with Crippen LogP contribution in [0.2, 0.25) is 0 Å². The minimum absolute atomic E-state index is 0.0528. The molecule has 4 heteroatoms. The molecule has 3 rings (SSSR count). The highest BCUT2D eigenvalue weighted by Gasteiger charge is 2.34. The summed E-state index contributed by atoms with van der Waals surface area (Å²) in [5.41, 5.74) is 2.63. The standard InChI is InChI=1S/C15H18BrNO2/c1-10-14(5-7-19-10)15(18)17-6-4-11-8-13(16)3-2-12(11)9-17/h2-3,8,10,14H,4-7,9H2,1H3/t10-,14+/m1/s1. The first kappa shape index (κ1) is 13.1. The third kappa shape index (κ3) is 2.56. The lowest BCUT2D eigenvalue weighted by molar-refractivity contribution is -0.137. The molecule has 2 atom stereocenters. The normalized spacial score (nSPS) is 26.3. The Balaban J connectivity index is 1.75. The van der Waals surface area contributed by atoms with Crippen LogP contribution in [0.25, 0.3) is 0 Å². The van der Waals surface area contributed by atoms with E-state index in [1.165, 1.54) is 11.1 Å². The smallest absolute Gasteiger partial charge is 0.228 e. The van der Waals surface area contributed by atoms with Crippen molar-refractivity contribution in [1.29, 1.82) is 0 Å². The zero-order valence-corrected chi connectivity index (χ0v) is 12.6. The van der Waals surface area contributed by atoms with Crippen molar-refractivity contribution in [3.8, 4) is 0 Å². The van der Waals surface area contributed by atoms with E-state index in [-0.39, 0.29) is 17.9 Å². The van der Waals surface area contributed by atoms with Gasteiger partial charge in [0.05, 0.1) is 12.0 Å². The maximum absolute atomic E-state index is 12.5. The summed E-state index contributed by atoms with van der Waals surface area (Å²) >= 11 is 3.50. The number of hydrogen-bond acceptors (Lipinski definition) is 2. The van der Waals surface area contributed by atoms with Gasteiger partial charge in [0.1, 0.15) is 0 Å². The van der Waals surface area contributed by atoms with Gasteiger partial charge in [0, 0.05) is 24.2 Å². The van der Waals surface area contributed by atoms with Crippen molar-refractivity contribution in [2.45, 2.75) is 32.4 Å². The van der Waals surface area contributed by atoms with Gasteiger partial charge in [0.15, 0.2) is 0 Å². The lowest BCUT2D eigenvalue weighted by Gasteiger charge is -2.31. The molecule has 1 saturated heterocycles. The number of benzene rings is 1. The monoisotopic (exact) mass is 323 g/mol. The van der Waals surface area contributed by atoms with Crippen LogP contribution in [-0.2, 0) is 22.5 Å². The van der Waals surface area contributed by atoms with E-state index in [2.05, 4.69) is 28.1 Å². The van der Waals surface area contributed by atoms with E-state index in [0.717, 1.165) is 37.0 Å². The van der Waals surface area contributed by atoms with Gasteiger partial charge in [-0.25, -0.2) is 0 Å². The van der Waals surface area contributed by atoms with Crippen molar-refractivity contribution in [2.24, 2.45) is 5.92 Å². The first-order chi connectivity index (χ1) is 9.15. The molecule has 0 aliphatic carbocycles. The van der Waals surface area contributed by atoms with Gasteiger partial charge < -0.3 is 9.64 Å². The fourth-order valence-electron chi connectivity index (χ4n) is 3.00. The summed E-state index contributed by atoms with van der Waals surface area (Å²) < 4.78 is 6.62. The SMILES string of the molecule is C[C@H]1OCC[C@@H]1C(=O)N1CCc2cc(Br)ccc2C1. The molecule has 0 unspecified atom stereocenters. The minimum Gasteiger partial charge on any atom is -0.378 e. The summed E-state index contributed by atoms with van der Waals surface area (Å²) in [6.45, 7) is 4.29. The van der Waals surface area contributed by atoms with E-state index in [1.54, 1.807) is 0 Å². The molecular weight excluding hydrogens is 306 g/mol. The number of fused-ring (bicyclic) bond motifs is 1. The van der Waals surface area contributed by atoms with Gasteiger partial charge in [-0.05, 0) is 43.0 Å². The molecule has 1 aromatic carbocycles. The third-order valence-corrected chi connectivity index (χ3v) is 4.68. The van der Waals surface area contributed by atoms with Crippen LogP contribution in [0.4, 0.5) is 0 Å². The number of carbonyl (C=O) groups is 1. The predicted octanol–water partition coefficient (Wildman–Crippen LogP) is 2.76. The lowest BCUT2D eigenvalue weighted by Crippen LogP contribution is -2.41. The number of hydrogen-bond donors (Lipinski definition) is 0. The van der Waals surface area contributed by atoms with Gasteiger partial charge in [-0.1, -0.05) is 22.0 Å². The Bertz CT molecular complexity index is 503. The Labute approximate surface area is 122 Å². The fourth-order valence-corrected chi connectivity index (χ4v) is 3.41. The maximum atomic E-state index is 12.5. The van der Waals surface area contributed by atoms with E-state index in [4.69, 9.17) is 4.74 Å². The summed E-state index contributed by atoms with van der Waals surface area (Å²) in [7, 11) is 0. The molecule has 0 N–H and O–H groups in total. The molecule has 1 fully saturated rings. The molecule has 2 aliphatic rings. The highest BCUT2D eigenvalue weighted by atomic mass is 79.9. The molecular formula is C15H18BrNO2. The number of rotatable bonds is 1. The van der Waals surface area contributed by atoms with Crippen LogP contribution in [-0.4, -0.2) is 30.1 Å². The number of nitrogens with zero attached hydrogens (tertiary/aromatic N) is 1. The molecule has 0 radical (unpaired) electrons. The highest BCUT2D eigenvalue weighted by molar-refractivity contribution is 9.10. The maximum Gasteiger partial charge on any atom is 0.228 e. The first-order valence-corrected chi connectivity index (χ1v) is 7.62. The Kier molecular flexibility index (Phi) is 3.63. The largest absolute Gasteiger partial charge is 0.378 e. The molecule has 0 bridgehead atoms. The Hall–Kier alpha value is -0.870. The summed E-state index contributed by atoms with van der Waals surface area (Å²) in [5.74, 6) is 0.315. The molecule has 2 heterocycles. The van der Waals surface area contributed by atoms with E-state index in [0.29, 0.717) is 0 Å². The van der Waals surface area contributed by atoms with E-state index in [1.807, 2.05) is 17.9 Å². The average molecular weight is 324 g/mol. The second-order valence-electron chi connectivity index (χ2n) is 5.39. The predicted molar refractivity (Wildman–Crippen MR) is 76.8 cm³/mol. The number of carbonyl (C=O) groups excluding carboxylic acids is 1. The molecule has 102 valence electrons. The number of amides is 1. The molecule has 19 heavy (non-hydrogen) atoms. The molecule has 1 amide bonds. The summed E-state index contributed by atoms with van der Waals surface area (Å²) in [4.78, 5) is 14.5. The Morgan fingerprint density at radius 1 is 1.42 bits per heavy atom. The third-order valence-electron chi connectivity index (χ3n) is 4.19. The van der Waals surface area contributed by atoms with Crippen molar-refractivity contribution in [2.75, 3.05) is 13.2 Å². The quantitative estimate of drug-likeness (QED) is 0.795. The van der Waals surface area contributed by atoms with Crippen LogP contribution in [0.3, 0.4) is 0 Å². The zero-order valence-electron chi connectivity index (χ0n) is 11.1. The van der Waals surface area contributed by atoms with E-state index >= 15 is 0 Å². The van der Waals surface area contributed by atoms with Crippen LogP contribution in [0.5, 0.6) is 0 Å². The van der Waals surface area contributed by atoms with Crippen molar-refractivity contribution in [1.82, 2.24) is 4.90 Å². The molecule has 0 saturated carbocycles. The van der Waals surface area contributed by atoms with Crippen molar-refractivity contribution >= 4 is 21.8 Å². The van der Waals surface area contributed by atoms with Crippen molar-refractivity contribution < 1.29 is 9.53 Å². The van der Waals surface area contributed by atoms with Gasteiger partial charge in [0.2, 0.25) is 5.91 Å². The average Bonchev–Trinajstić information content (AvgIpc) is 2.83. The van der Waals surface area contributed by atoms with Gasteiger partial charge in [-0.3, -0.25) is 4.79 Å². The second kappa shape index (κ2) is 5.25. The van der Waals surface area contributed by atoms with Crippen LogP contribution in [0.15, 0.2) is 22.7 Å². The molecule has 1 aromatic rings. The minimum atomic E-state index is 0.0528. The second-order valence-corrected chi connectivity index (χ2v) is 6.31. The number of ether oxygens (including phenoxy) is 1. The van der Waals surface area contributed by atoms with Crippen LogP contribution in [0, 0.1) is 5.92 Å². The van der Waals surface area contributed by atoms with Crippen LogP contribution >= 0.6 is 15.9 Å². The summed E-state index contributed by atoms with van der Waals surface area (Å²) in [6, 6.07) is 6.33. The Morgan fingerprint density at radius 2 is 2.26 bits per heavy atom. The Morgan fingerprint density at radius 3 is 3.00 bits per heavy atom. The topological polar surface area (TPSA) is 29.5 Å². The first-order valence-electron chi connectivity index (χ1n) is 6.83. The van der Waals surface area contributed by atoms with E-state index in [9.17, 15) is 4.79 Å². The summed E-state index contributed by atoms with van der Waals surface area (Å²) in [6.07, 6.45) is 1.88. The van der Waals surface area contributed by atoms with Crippen molar-refractivity contribution in [3.63, 3.8) is 0 Å². The fraction of sp³-hybridized carbons (Fsp3) is 0.533. The van der Waals surface area contributed by atoms with Gasteiger partial charge in [-0.15, -0.1) is 0 Å². The molecule has 3 nitrogen and oxygen atoms in total. The zero-order chi connectivity index (χ0) is 13.4.